The molecule has 1 aliphatic heterocycles. The van der Waals surface area contributed by atoms with Crippen LogP contribution in [0.2, 0.25) is 0 Å². The third kappa shape index (κ3) is 8.99. The van der Waals surface area contributed by atoms with Gasteiger partial charge in [-0.3, -0.25) is 4.79 Å². The third-order valence-corrected chi connectivity index (χ3v) is 11.6. The summed E-state index contributed by atoms with van der Waals surface area (Å²) in [6.45, 7) is 12.7. The lowest BCUT2D eigenvalue weighted by Gasteiger charge is -2.39. The summed E-state index contributed by atoms with van der Waals surface area (Å²) in [6.07, 6.45) is 5.39. The van der Waals surface area contributed by atoms with Gasteiger partial charge in [0.25, 0.3) is 0 Å². The number of sulfone groups is 1. The number of benzene rings is 2. The maximum absolute atomic E-state index is 13.9. The lowest BCUT2D eigenvalue weighted by molar-refractivity contribution is -0.116. The number of hydrogen-bond donors (Lipinski definition) is 2. The highest BCUT2D eigenvalue weighted by molar-refractivity contribution is 7.91. The zero-order valence-electron chi connectivity index (χ0n) is 27.9. The van der Waals surface area contributed by atoms with Crippen LogP contribution in [0.5, 0.6) is 0 Å². The van der Waals surface area contributed by atoms with Crippen molar-refractivity contribution in [3.05, 3.63) is 53.6 Å². The van der Waals surface area contributed by atoms with E-state index < -0.39 is 27.3 Å². The predicted molar refractivity (Wildman–Crippen MR) is 179 cm³/mol. The number of carbonyl (C=O) groups excluding carboxylic acids is 1. The van der Waals surface area contributed by atoms with E-state index >= 15 is 0 Å². The number of hydrogen-bond acceptors (Lipinski definition) is 6. The van der Waals surface area contributed by atoms with E-state index in [0.29, 0.717) is 41.5 Å². The Morgan fingerprint density at radius 1 is 1.07 bits per heavy atom. The van der Waals surface area contributed by atoms with E-state index in [1.165, 1.54) is 0 Å². The summed E-state index contributed by atoms with van der Waals surface area (Å²) < 4.78 is 27.8. The molecule has 0 radical (unpaired) electrons. The van der Waals surface area contributed by atoms with Crippen LogP contribution in [0.25, 0.3) is 0 Å². The minimum Gasteiger partial charge on any atom is -1.00 e. The molecule has 0 saturated heterocycles. The van der Waals surface area contributed by atoms with Crippen molar-refractivity contribution in [2.75, 3.05) is 43.2 Å². The summed E-state index contributed by atoms with van der Waals surface area (Å²) >= 11 is 0. The van der Waals surface area contributed by atoms with Gasteiger partial charge in [-0.05, 0) is 93.6 Å². The summed E-state index contributed by atoms with van der Waals surface area (Å²) in [5.41, 5.74) is 2.19. The van der Waals surface area contributed by atoms with Crippen LogP contribution in [0, 0.1) is 5.41 Å². The standard InChI is InChI=1S/C35H55N3O4S.ClH/c1-8-12-21-35(10-3)25-43(41,42)31-20-19-29(37(6)7)24-30(31)33(34(35)40)27-16-15-17-28(23-27)36-32(39)18-13-14-22-38(11-4)26(5)9-2;/h15-17,19-20,23-24,26,33-34,40H,8-14,18,21-22,25H2,1-7H3,(H,36,39);1H/p-1/t26?,33-,34-,35-;/m1./s1. The van der Waals surface area contributed by atoms with E-state index in [0.717, 1.165) is 56.4 Å². The maximum atomic E-state index is 13.9. The lowest BCUT2D eigenvalue weighted by Crippen LogP contribution is -3.00. The molecule has 0 bridgehead atoms. The van der Waals surface area contributed by atoms with Crippen molar-refractivity contribution in [2.24, 2.45) is 5.41 Å². The number of anilines is 2. The first-order valence-corrected chi connectivity index (χ1v) is 17.9. The van der Waals surface area contributed by atoms with Crippen LogP contribution in [0.3, 0.4) is 0 Å². The molecule has 4 atom stereocenters. The van der Waals surface area contributed by atoms with Crippen LogP contribution >= 0.6 is 0 Å². The predicted octanol–water partition coefficient (Wildman–Crippen LogP) is 3.85. The Morgan fingerprint density at radius 3 is 2.41 bits per heavy atom. The molecule has 0 fully saturated rings. The molecule has 0 saturated carbocycles. The number of amides is 1. The van der Waals surface area contributed by atoms with Crippen LogP contribution in [-0.2, 0) is 14.6 Å². The molecule has 44 heavy (non-hydrogen) atoms. The molecule has 1 unspecified atom stereocenters. The number of carbonyl (C=O) groups is 1. The monoisotopic (exact) mass is 648 g/mol. The van der Waals surface area contributed by atoms with Gasteiger partial charge in [0.2, 0.25) is 5.91 Å². The highest BCUT2D eigenvalue weighted by atomic mass is 35.5. The van der Waals surface area contributed by atoms with Crippen molar-refractivity contribution in [3.63, 3.8) is 0 Å². The number of unbranched alkanes of at least 4 members (excludes halogenated alkanes) is 2. The molecule has 248 valence electrons. The summed E-state index contributed by atoms with van der Waals surface area (Å²) in [5.74, 6) is -0.666. The Hall–Kier alpha value is -2.13. The molecule has 1 heterocycles. The smallest absolute Gasteiger partial charge is 0.224 e. The number of aliphatic hydroxyl groups is 1. The molecule has 9 heteroatoms. The van der Waals surface area contributed by atoms with Crippen molar-refractivity contribution in [3.8, 4) is 0 Å². The van der Waals surface area contributed by atoms with Gasteiger partial charge in [-0.25, -0.2) is 8.42 Å². The number of halogens is 1. The molecular formula is C35H55ClN3O4S-. The van der Waals surface area contributed by atoms with Crippen molar-refractivity contribution >= 4 is 27.1 Å². The van der Waals surface area contributed by atoms with Gasteiger partial charge in [0.15, 0.2) is 9.84 Å². The normalized spacial score (nSPS) is 21.6. The number of aliphatic hydroxyl groups excluding tert-OH is 1. The second-order valence-corrected chi connectivity index (χ2v) is 14.6. The number of nitrogens with zero attached hydrogens (tertiary/aromatic N) is 2. The fraction of sp³-hybridized carbons (Fsp3) is 0.629. The second kappa shape index (κ2) is 17.0. The molecule has 1 aliphatic rings. The average Bonchev–Trinajstić information content (AvgIpc) is 3.05. The highest BCUT2D eigenvalue weighted by Gasteiger charge is 2.49. The van der Waals surface area contributed by atoms with E-state index in [2.05, 4.69) is 37.9 Å². The zero-order chi connectivity index (χ0) is 31.8. The zero-order valence-corrected chi connectivity index (χ0v) is 29.5. The van der Waals surface area contributed by atoms with Gasteiger partial charge in [-0.15, -0.1) is 0 Å². The fourth-order valence-electron chi connectivity index (χ4n) is 6.59. The number of fused-ring (bicyclic) bond motifs is 1. The van der Waals surface area contributed by atoms with Crippen LogP contribution in [0.15, 0.2) is 47.4 Å². The van der Waals surface area contributed by atoms with E-state index in [1.54, 1.807) is 6.07 Å². The van der Waals surface area contributed by atoms with Crippen LogP contribution in [0.4, 0.5) is 11.4 Å². The molecule has 3 rings (SSSR count). The topological polar surface area (TPSA) is 90.0 Å². The Bertz CT molecular complexity index is 1320. The summed E-state index contributed by atoms with van der Waals surface area (Å²) in [4.78, 5) is 17.6. The minimum absolute atomic E-state index is 0. The average molecular weight is 649 g/mol. The van der Waals surface area contributed by atoms with Gasteiger partial charge in [-0.2, -0.15) is 0 Å². The van der Waals surface area contributed by atoms with Crippen LogP contribution in [0.1, 0.15) is 103 Å². The van der Waals surface area contributed by atoms with Crippen LogP contribution in [-0.4, -0.2) is 69.4 Å². The Balaban J connectivity index is 0.00000675. The second-order valence-electron chi connectivity index (χ2n) is 12.6. The van der Waals surface area contributed by atoms with Crippen LogP contribution < -0.4 is 22.6 Å². The molecule has 2 aromatic rings. The lowest BCUT2D eigenvalue weighted by atomic mass is 9.69. The first-order chi connectivity index (χ1) is 20.4. The SMILES string of the molecule is CCCC[C@]1(CC)CS(=O)(=O)c2ccc(N(C)C)cc2[C@@H](c2cccc(NC(=O)CCCCN(CC)C(C)CC)c2)[C@H]1O.[Cl-]. The first-order valence-electron chi connectivity index (χ1n) is 16.3. The molecule has 0 aromatic heterocycles. The van der Waals surface area contributed by atoms with Crippen molar-refractivity contribution in [1.29, 1.82) is 0 Å². The molecule has 2 aromatic carbocycles. The minimum atomic E-state index is -3.65. The number of nitrogens with one attached hydrogen (secondary N) is 1. The maximum Gasteiger partial charge on any atom is 0.224 e. The largest absolute Gasteiger partial charge is 1.00 e. The van der Waals surface area contributed by atoms with E-state index in [1.807, 2.05) is 62.3 Å². The summed E-state index contributed by atoms with van der Waals surface area (Å²) in [5, 5.41) is 15.3. The number of rotatable bonds is 15. The molecule has 0 aliphatic carbocycles. The highest BCUT2D eigenvalue weighted by Crippen LogP contribution is 2.49. The summed E-state index contributed by atoms with van der Waals surface area (Å²) in [7, 11) is 0.200. The van der Waals surface area contributed by atoms with Gasteiger partial charge in [-0.1, -0.05) is 52.7 Å². The Kier molecular flexibility index (Phi) is 14.7. The molecule has 2 N–H and O–H groups in total. The molecule has 1 amide bonds. The van der Waals surface area contributed by atoms with Gasteiger partial charge in [0.1, 0.15) is 0 Å². The van der Waals surface area contributed by atoms with Gasteiger partial charge >= 0.3 is 0 Å². The van der Waals surface area contributed by atoms with E-state index in [4.69, 9.17) is 0 Å². The first kappa shape index (κ1) is 38.1. The van der Waals surface area contributed by atoms with Crippen molar-refractivity contribution < 1.29 is 30.7 Å². The third-order valence-electron chi connectivity index (χ3n) is 9.58. The van der Waals surface area contributed by atoms with Gasteiger partial charge in [0.05, 0.1) is 16.8 Å². The van der Waals surface area contributed by atoms with E-state index in [9.17, 15) is 18.3 Å². The summed E-state index contributed by atoms with van der Waals surface area (Å²) in [6, 6.07) is 13.6. The van der Waals surface area contributed by atoms with Crippen molar-refractivity contribution in [2.45, 2.75) is 109 Å². The fourth-order valence-corrected chi connectivity index (χ4v) is 8.84. The Morgan fingerprint density at radius 2 is 1.80 bits per heavy atom. The van der Waals surface area contributed by atoms with E-state index in [-0.39, 0.29) is 24.1 Å². The van der Waals surface area contributed by atoms with Crippen molar-refractivity contribution in [1.82, 2.24) is 4.90 Å². The van der Waals surface area contributed by atoms with Gasteiger partial charge < -0.3 is 32.6 Å². The molecule has 7 nitrogen and oxygen atoms in total. The van der Waals surface area contributed by atoms with Gasteiger partial charge in [0, 0.05) is 49.3 Å². The molecular weight excluding hydrogens is 594 g/mol. The molecule has 0 spiro atoms. The quantitative estimate of drug-likeness (QED) is 0.285. The Labute approximate surface area is 273 Å².